The van der Waals surface area contributed by atoms with E-state index in [1.807, 2.05) is 18.4 Å². The highest BCUT2D eigenvalue weighted by atomic mass is 32.2. The van der Waals surface area contributed by atoms with Gasteiger partial charge in [-0.25, -0.2) is 0 Å². The van der Waals surface area contributed by atoms with Crippen LogP contribution in [0.3, 0.4) is 0 Å². The maximum atomic E-state index is 12.0. The van der Waals surface area contributed by atoms with E-state index in [1.165, 1.54) is 4.90 Å². The van der Waals surface area contributed by atoms with E-state index in [0.29, 0.717) is 12.1 Å². The lowest BCUT2D eigenvalue weighted by molar-refractivity contribution is -0.137. The van der Waals surface area contributed by atoms with Crippen molar-refractivity contribution in [3.05, 3.63) is 29.8 Å². The zero-order valence-electron chi connectivity index (χ0n) is 9.84. The van der Waals surface area contributed by atoms with Crippen molar-refractivity contribution in [1.82, 2.24) is 4.90 Å². The Morgan fingerprint density at radius 2 is 1.88 bits per heavy atom. The lowest BCUT2D eigenvalue weighted by atomic mass is 10.2. The molecule has 17 heavy (non-hydrogen) atoms. The SMILES string of the molecule is CCN(CC(=O)O)C(=O)c1ccc(SC)cc1. The topological polar surface area (TPSA) is 57.6 Å². The van der Waals surface area contributed by atoms with Gasteiger partial charge in [-0.1, -0.05) is 0 Å². The van der Waals surface area contributed by atoms with Crippen LogP contribution in [0.5, 0.6) is 0 Å². The highest BCUT2D eigenvalue weighted by Crippen LogP contribution is 2.15. The quantitative estimate of drug-likeness (QED) is 0.815. The van der Waals surface area contributed by atoms with Crippen molar-refractivity contribution in [2.24, 2.45) is 0 Å². The summed E-state index contributed by atoms with van der Waals surface area (Å²) < 4.78 is 0. The molecule has 0 bridgehead atoms. The highest BCUT2D eigenvalue weighted by Gasteiger charge is 2.16. The van der Waals surface area contributed by atoms with Crippen LogP contribution >= 0.6 is 11.8 Å². The average Bonchev–Trinajstić information content (AvgIpc) is 2.35. The molecule has 1 aromatic rings. The Labute approximate surface area is 105 Å². The molecule has 0 aliphatic rings. The molecule has 0 aliphatic carbocycles. The second-order valence-corrected chi connectivity index (χ2v) is 4.32. The van der Waals surface area contributed by atoms with Gasteiger partial charge in [0.1, 0.15) is 6.54 Å². The molecular weight excluding hydrogens is 238 g/mol. The van der Waals surface area contributed by atoms with Crippen molar-refractivity contribution in [1.29, 1.82) is 0 Å². The summed E-state index contributed by atoms with van der Waals surface area (Å²) in [6.45, 7) is 1.88. The summed E-state index contributed by atoms with van der Waals surface area (Å²) in [7, 11) is 0. The van der Waals surface area contributed by atoms with Crippen molar-refractivity contribution < 1.29 is 14.7 Å². The van der Waals surface area contributed by atoms with Gasteiger partial charge in [0.2, 0.25) is 0 Å². The molecule has 0 saturated carbocycles. The van der Waals surface area contributed by atoms with E-state index >= 15 is 0 Å². The molecule has 1 N–H and O–H groups in total. The Morgan fingerprint density at radius 3 is 2.29 bits per heavy atom. The van der Waals surface area contributed by atoms with Crippen LogP contribution in [0.15, 0.2) is 29.2 Å². The summed E-state index contributed by atoms with van der Waals surface area (Å²) in [6, 6.07) is 7.15. The molecule has 0 aromatic heterocycles. The van der Waals surface area contributed by atoms with Crippen molar-refractivity contribution >= 4 is 23.6 Å². The fourth-order valence-corrected chi connectivity index (χ4v) is 1.81. The second kappa shape index (κ2) is 6.30. The van der Waals surface area contributed by atoms with Gasteiger partial charge in [-0.3, -0.25) is 9.59 Å². The number of amides is 1. The number of carbonyl (C=O) groups is 2. The number of carboxylic acid groups (broad SMARTS) is 1. The molecule has 4 nitrogen and oxygen atoms in total. The number of hydrogen-bond donors (Lipinski definition) is 1. The molecular formula is C12H15NO3S. The summed E-state index contributed by atoms with van der Waals surface area (Å²) in [5, 5.41) is 8.70. The molecule has 0 atom stereocenters. The minimum absolute atomic E-state index is 0.248. The van der Waals surface area contributed by atoms with E-state index in [2.05, 4.69) is 0 Å². The van der Waals surface area contributed by atoms with E-state index in [-0.39, 0.29) is 12.5 Å². The maximum Gasteiger partial charge on any atom is 0.323 e. The lowest BCUT2D eigenvalue weighted by Gasteiger charge is -2.18. The van der Waals surface area contributed by atoms with Crippen molar-refractivity contribution in [2.45, 2.75) is 11.8 Å². The molecule has 92 valence electrons. The number of hydrogen-bond acceptors (Lipinski definition) is 3. The Bertz CT molecular complexity index is 403. The number of carboxylic acids is 1. The van der Waals surface area contributed by atoms with Gasteiger partial charge < -0.3 is 10.0 Å². The molecule has 0 spiro atoms. The smallest absolute Gasteiger partial charge is 0.323 e. The summed E-state index contributed by atoms with van der Waals surface area (Å²) in [5.41, 5.74) is 0.519. The number of nitrogens with zero attached hydrogens (tertiary/aromatic N) is 1. The Balaban J connectivity index is 2.82. The first-order valence-corrected chi connectivity index (χ1v) is 6.46. The first kappa shape index (κ1) is 13.6. The van der Waals surface area contributed by atoms with Gasteiger partial charge in [-0.2, -0.15) is 0 Å². The van der Waals surface area contributed by atoms with Crippen LogP contribution in [-0.4, -0.2) is 41.2 Å². The van der Waals surface area contributed by atoms with Gasteiger partial charge >= 0.3 is 5.97 Å². The molecule has 0 saturated heterocycles. The van der Waals surface area contributed by atoms with E-state index in [0.717, 1.165) is 4.90 Å². The van der Waals surface area contributed by atoms with E-state index in [4.69, 9.17) is 5.11 Å². The minimum atomic E-state index is -0.999. The van der Waals surface area contributed by atoms with Crippen molar-refractivity contribution in [2.75, 3.05) is 19.3 Å². The zero-order chi connectivity index (χ0) is 12.8. The third-order valence-corrected chi connectivity index (χ3v) is 3.08. The number of aliphatic carboxylic acids is 1. The Hall–Kier alpha value is -1.49. The highest BCUT2D eigenvalue weighted by molar-refractivity contribution is 7.98. The normalized spacial score (nSPS) is 10.0. The van der Waals surface area contributed by atoms with Gasteiger partial charge in [0.15, 0.2) is 0 Å². The average molecular weight is 253 g/mol. The standard InChI is InChI=1S/C12H15NO3S/c1-3-13(8-11(14)15)12(16)9-4-6-10(17-2)7-5-9/h4-7H,3,8H2,1-2H3,(H,14,15). The third-order valence-electron chi connectivity index (χ3n) is 2.33. The molecule has 1 rings (SSSR count). The van der Waals surface area contributed by atoms with Crippen LogP contribution in [-0.2, 0) is 4.79 Å². The van der Waals surface area contributed by atoms with Gasteiger partial charge in [0, 0.05) is 17.0 Å². The summed E-state index contributed by atoms with van der Waals surface area (Å²) in [5.74, 6) is -1.25. The largest absolute Gasteiger partial charge is 0.480 e. The van der Waals surface area contributed by atoms with Crippen LogP contribution in [0.2, 0.25) is 0 Å². The monoisotopic (exact) mass is 253 g/mol. The van der Waals surface area contributed by atoms with Gasteiger partial charge in [-0.15, -0.1) is 11.8 Å². The number of thioether (sulfide) groups is 1. The molecule has 0 fully saturated rings. The number of benzene rings is 1. The number of rotatable bonds is 5. The van der Waals surface area contributed by atoms with Gasteiger partial charge in [0.05, 0.1) is 0 Å². The first-order chi connectivity index (χ1) is 8.08. The summed E-state index contributed by atoms with van der Waals surface area (Å²) in [6.07, 6.45) is 1.96. The van der Waals surface area contributed by atoms with Crippen LogP contribution in [0.4, 0.5) is 0 Å². The molecule has 0 unspecified atom stereocenters. The second-order valence-electron chi connectivity index (χ2n) is 3.44. The van der Waals surface area contributed by atoms with Crippen molar-refractivity contribution in [3.63, 3.8) is 0 Å². The molecule has 5 heteroatoms. The third kappa shape index (κ3) is 3.78. The van der Waals surface area contributed by atoms with Crippen LogP contribution < -0.4 is 0 Å². The number of carbonyl (C=O) groups excluding carboxylic acids is 1. The molecule has 0 radical (unpaired) electrons. The molecule has 1 amide bonds. The van der Waals surface area contributed by atoms with Crippen molar-refractivity contribution in [3.8, 4) is 0 Å². The Kier molecular flexibility index (Phi) is 5.03. The van der Waals surface area contributed by atoms with Crippen LogP contribution in [0.1, 0.15) is 17.3 Å². The number of likely N-dealkylation sites (N-methyl/N-ethyl adjacent to an activating group) is 1. The molecule has 0 heterocycles. The molecule has 1 aromatic carbocycles. The van der Waals surface area contributed by atoms with Gasteiger partial charge in [-0.05, 0) is 37.4 Å². The molecule has 0 aliphatic heterocycles. The predicted octanol–water partition coefficient (Wildman–Crippen LogP) is 1.96. The van der Waals surface area contributed by atoms with Gasteiger partial charge in [0.25, 0.3) is 5.91 Å². The predicted molar refractivity (Wildman–Crippen MR) is 67.4 cm³/mol. The Morgan fingerprint density at radius 1 is 1.29 bits per heavy atom. The first-order valence-electron chi connectivity index (χ1n) is 5.23. The van der Waals surface area contributed by atoms with E-state index in [1.54, 1.807) is 30.8 Å². The lowest BCUT2D eigenvalue weighted by Crippen LogP contribution is -2.35. The maximum absolute atomic E-state index is 12.0. The zero-order valence-corrected chi connectivity index (χ0v) is 10.7. The van der Waals surface area contributed by atoms with Crippen LogP contribution in [0, 0.1) is 0 Å². The van der Waals surface area contributed by atoms with Crippen LogP contribution in [0.25, 0.3) is 0 Å². The van der Waals surface area contributed by atoms with E-state index in [9.17, 15) is 9.59 Å². The summed E-state index contributed by atoms with van der Waals surface area (Å²) in [4.78, 5) is 24.9. The fourth-order valence-electron chi connectivity index (χ4n) is 1.41. The fraction of sp³-hybridized carbons (Fsp3) is 0.333. The summed E-state index contributed by atoms with van der Waals surface area (Å²) >= 11 is 1.59. The van der Waals surface area contributed by atoms with E-state index < -0.39 is 5.97 Å². The minimum Gasteiger partial charge on any atom is -0.480 e.